The topological polar surface area (TPSA) is 56.2 Å². The van der Waals surface area contributed by atoms with Gasteiger partial charge in [0.2, 0.25) is 0 Å². The van der Waals surface area contributed by atoms with Crippen molar-refractivity contribution in [1.82, 2.24) is 4.90 Å². The maximum Gasteiger partial charge on any atom is 0.573 e. The molecule has 1 saturated heterocycles. The fourth-order valence-electron chi connectivity index (χ4n) is 5.20. The Balaban J connectivity index is 1.39. The Kier molecular flexibility index (Phi) is 8.65. The molecule has 2 atom stereocenters. The van der Waals surface area contributed by atoms with Gasteiger partial charge in [0.05, 0.1) is 6.54 Å². The minimum atomic E-state index is -4.75. The smallest absolute Gasteiger partial charge is 0.406 e. The maximum atomic E-state index is 12.7. The van der Waals surface area contributed by atoms with Crippen molar-refractivity contribution < 1.29 is 26.7 Å². The van der Waals surface area contributed by atoms with Gasteiger partial charge in [0, 0.05) is 42.6 Å². The number of fused-ring (bicyclic) bond motifs is 1. The average Bonchev–Trinajstić information content (AvgIpc) is 3.27. The summed E-state index contributed by atoms with van der Waals surface area (Å²) >= 11 is -0.781. The van der Waals surface area contributed by atoms with Crippen LogP contribution in [0.15, 0.2) is 78.9 Å². The van der Waals surface area contributed by atoms with E-state index in [9.17, 15) is 21.9 Å². The van der Waals surface area contributed by atoms with Crippen LogP contribution in [0.4, 0.5) is 23.9 Å². The molecular formula is C29H30F3N3O3S2. The molecule has 0 amide bonds. The predicted octanol–water partition coefficient (Wildman–Crippen LogP) is 6.48. The lowest BCUT2D eigenvalue weighted by molar-refractivity contribution is -0.274. The normalized spacial score (nSPS) is 16.2. The molecule has 4 aromatic rings. The van der Waals surface area contributed by atoms with Crippen molar-refractivity contribution in [3.05, 3.63) is 90.0 Å². The van der Waals surface area contributed by atoms with Crippen LogP contribution in [0, 0.1) is 6.92 Å². The van der Waals surface area contributed by atoms with Crippen molar-refractivity contribution >= 4 is 43.4 Å². The molecule has 0 radical (unpaired) electrons. The standard InChI is InChI=1S/C29H30F3N3O3S2/c1-21-26-9-5-6-10-27(26)39-28(21)35(40(36)37)20-24(19-22-11-13-25(14-12-22)38-29(30,31)32)34-17-15-33(16-18-34)23-7-3-2-4-8-23/h2-14,24H,15-20H2,1H3,(H,36,37). The molecule has 5 rings (SSSR count). The van der Waals surface area contributed by atoms with Crippen LogP contribution in [0.5, 0.6) is 5.75 Å². The largest absolute Gasteiger partial charge is 0.573 e. The molecule has 3 aromatic carbocycles. The van der Waals surface area contributed by atoms with Crippen LogP contribution in [0.1, 0.15) is 11.1 Å². The van der Waals surface area contributed by atoms with Crippen molar-refractivity contribution in [2.45, 2.75) is 25.7 Å². The quantitative estimate of drug-likeness (QED) is 0.227. The van der Waals surface area contributed by atoms with Gasteiger partial charge in [-0.3, -0.25) is 13.8 Å². The van der Waals surface area contributed by atoms with Crippen LogP contribution >= 0.6 is 11.3 Å². The average molecular weight is 590 g/mol. The van der Waals surface area contributed by atoms with Crippen LogP contribution in [0.2, 0.25) is 0 Å². The number of aryl methyl sites for hydroxylation is 1. The Morgan fingerprint density at radius 1 is 0.975 bits per heavy atom. The Labute approximate surface area is 238 Å². The summed E-state index contributed by atoms with van der Waals surface area (Å²) in [4.78, 5) is 4.62. The summed E-state index contributed by atoms with van der Waals surface area (Å²) in [5, 5.41) is 1.79. The summed E-state index contributed by atoms with van der Waals surface area (Å²) < 4.78 is 67.7. The SMILES string of the molecule is Cc1c(N(CC(Cc2ccc(OC(F)(F)F)cc2)N2CCN(c3ccccc3)CC2)S(=O)O)sc2ccccc12. The van der Waals surface area contributed by atoms with Gasteiger partial charge in [0.15, 0.2) is 0 Å². The minimum absolute atomic E-state index is 0.159. The molecule has 0 bridgehead atoms. The fraction of sp³-hybridized carbons (Fsp3) is 0.310. The molecular weight excluding hydrogens is 559 g/mol. The van der Waals surface area contributed by atoms with Gasteiger partial charge in [-0.1, -0.05) is 48.5 Å². The lowest BCUT2D eigenvalue weighted by Gasteiger charge is -2.41. The van der Waals surface area contributed by atoms with Crippen molar-refractivity contribution in [3.63, 3.8) is 0 Å². The van der Waals surface area contributed by atoms with Gasteiger partial charge in [-0.05, 0) is 60.2 Å². The third-order valence-electron chi connectivity index (χ3n) is 7.19. The van der Waals surface area contributed by atoms with Crippen molar-refractivity contribution in [1.29, 1.82) is 0 Å². The van der Waals surface area contributed by atoms with E-state index < -0.39 is 17.6 Å². The molecule has 0 spiro atoms. The summed E-state index contributed by atoms with van der Waals surface area (Å²) in [6.45, 7) is 5.31. The van der Waals surface area contributed by atoms with Gasteiger partial charge in [0.25, 0.3) is 11.3 Å². The number of anilines is 2. The van der Waals surface area contributed by atoms with Crippen LogP contribution < -0.4 is 13.9 Å². The number of hydrogen-bond acceptors (Lipinski definition) is 5. The monoisotopic (exact) mass is 589 g/mol. The number of alkyl halides is 3. The highest BCUT2D eigenvalue weighted by molar-refractivity contribution is 7.81. The van der Waals surface area contributed by atoms with E-state index in [1.54, 1.807) is 12.1 Å². The number of nitrogens with zero attached hydrogens (tertiary/aromatic N) is 3. The van der Waals surface area contributed by atoms with Gasteiger partial charge >= 0.3 is 6.36 Å². The van der Waals surface area contributed by atoms with E-state index in [0.29, 0.717) is 6.42 Å². The minimum Gasteiger partial charge on any atom is -0.406 e. The molecule has 1 N–H and O–H groups in total. The fourth-order valence-corrected chi connectivity index (χ4v) is 7.21. The van der Waals surface area contributed by atoms with Crippen LogP contribution in [-0.4, -0.2) is 58.8 Å². The van der Waals surface area contributed by atoms with Gasteiger partial charge < -0.3 is 9.64 Å². The maximum absolute atomic E-state index is 12.7. The van der Waals surface area contributed by atoms with E-state index in [1.807, 2.05) is 49.4 Å². The number of thiophene rings is 1. The number of ether oxygens (including phenoxy) is 1. The Bertz CT molecular complexity index is 1440. The zero-order valence-electron chi connectivity index (χ0n) is 21.9. The molecule has 2 heterocycles. The van der Waals surface area contributed by atoms with Gasteiger partial charge in [0.1, 0.15) is 10.8 Å². The van der Waals surface area contributed by atoms with E-state index in [-0.39, 0.29) is 18.3 Å². The Hall–Kier alpha value is -3.12. The first-order valence-corrected chi connectivity index (χ1v) is 14.8. The highest BCUT2D eigenvalue weighted by Crippen LogP contribution is 2.38. The molecule has 40 heavy (non-hydrogen) atoms. The van der Waals surface area contributed by atoms with Gasteiger partial charge in [-0.15, -0.1) is 24.5 Å². The lowest BCUT2D eigenvalue weighted by atomic mass is 10.0. The van der Waals surface area contributed by atoms with E-state index in [4.69, 9.17) is 0 Å². The number of halogens is 3. The third kappa shape index (κ3) is 6.77. The predicted molar refractivity (Wildman–Crippen MR) is 156 cm³/mol. The molecule has 212 valence electrons. The number of benzene rings is 3. The molecule has 1 aliphatic heterocycles. The summed E-state index contributed by atoms with van der Waals surface area (Å²) in [7, 11) is 0. The number of rotatable bonds is 9. The van der Waals surface area contributed by atoms with Crippen molar-refractivity contribution in [2.24, 2.45) is 0 Å². The number of piperazine rings is 1. The highest BCUT2D eigenvalue weighted by atomic mass is 32.2. The van der Waals surface area contributed by atoms with E-state index in [2.05, 4.69) is 26.7 Å². The Morgan fingerprint density at radius 2 is 1.62 bits per heavy atom. The third-order valence-corrected chi connectivity index (χ3v) is 9.31. The molecule has 1 aliphatic rings. The Morgan fingerprint density at radius 3 is 2.25 bits per heavy atom. The van der Waals surface area contributed by atoms with E-state index in [0.717, 1.165) is 58.1 Å². The second-order valence-corrected chi connectivity index (χ2v) is 11.7. The zero-order valence-corrected chi connectivity index (χ0v) is 23.5. The first-order valence-electron chi connectivity index (χ1n) is 12.9. The highest BCUT2D eigenvalue weighted by Gasteiger charge is 2.32. The second kappa shape index (κ2) is 12.2. The number of hydrogen-bond donors (Lipinski definition) is 1. The molecule has 0 saturated carbocycles. The molecule has 11 heteroatoms. The molecule has 2 unspecified atom stereocenters. The molecule has 0 aliphatic carbocycles. The summed E-state index contributed by atoms with van der Waals surface area (Å²) in [6.07, 6.45) is -4.26. The first kappa shape index (κ1) is 28.4. The number of para-hydroxylation sites is 1. The van der Waals surface area contributed by atoms with Crippen LogP contribution in [0.3, 0.4) is 0 Å². The second-order valence-electron chi connectivity index (χ2n) is 9.73. The molecule has 1 fully saturated rings. The van der Waals surface area contributed by atoms with Crippen LogP contribution in [0.25, 0.3) is 10.1 Å². The lowest BCUT2D eigenvalue weighted by Crippen LogP contribution is -2.54. The van der Waals surface area contributed by atoms with E-state index in [1.165, 1.54) is 27.8 Å². The van der Waals surface area contributed by atoms with Crippen LogP contribution in [-0.2, 0) is 17.7 Å². The van der Waals surface area contributed by atoms with Crippen molar-refractivity contribution in [3.8, 4) is 5.75 Å². The van der Waals surface area contributed by atoms with E-state index >= 15 is 0 Å². The summed E-state index contributed by atoms with van der Waals surface area (Å²) in [5.41, 5.74) is 2.92. The zero-order chi connectivity index (χ0) is 28.3. The molecule has 1 aromatic heterocycles. The first-order chi connectivity index (χ1) is 19.2. The molecule has 6 nitrogen and oxygen atoms in total. The van der Waals surface area contributed by atoms with Gasteiger partial charge in [-0.25, -0.2) is 4.21 Å². The van der Waals surface area contributed by atoms with Gasteiger partial charge in [-0.2, -0.15) is 0 Å². The summed E-state index contributed by atoms with van der Waals surface area (Å²) in [5.74, 6) is -0.275. The summed E-state index contributed by atoms with van der Waals surface area (Å²) in [6, 6.07) is 23.8. The van der Waals surface area contributed by atoms with Crippen molar-refractivity contribution in [2.75, 3.05) is 41.9 Å².